The third-order valence-corrected chi connectivity index (χ3v) is 4.38. The molecule has 0 aromatic heterocycles. The molecular formula is C15H20FN3O. The van der Waals surface area contributed by atoms with Crippen molar-refractivity contribution in [3.05, 3.63) is 35.6 Å². The van der Waals surface area contributed by atoms with Crippen LogP contribution in [0.15, 0.2) is 24.3 Å². The molecule has 2 saturated heterocycles. The van der Waals surface area contributed by atoms with E-state index in [1.165, 1.54) is 6.07 Å². The minimum atomic E-state index is -0.242. The lowest BCUT2D eigenvalue weighted by Crippen LogP contribution is -2.41. The summed E-state index contributed by atoms with van der Waals surface area (Å²) in [5.74, 6) is 0.599. The fourth-order valence-electron chi connectivity index (χ4n) is 3.49. The first-order valence-corrected chi connectivity index (χ1v) is 7.02. The van der Waals surface area contributed by atoms with Gasteiger partial charge >= 0.3 is 6.03 Å². The number of carbonyl (C=O) groups is 1. The monoisotopic (exact) mass is 277 g/mol. The zero-order valence-corrected chi connectivity index (χ0v) is 11.8. The Bertz CT molecular complexity index is 520. The zero-order valence-electron chi connectivity index (χ0n) is 11.8. The molecule has 0 spiro atoms. The van der Waals surface area contributed by atoms with E-state index in [1.54, 1.807) is 31.1 Å². The van der Waals surface area contributed by atoms with Crippen LogP contribution in [0, 0.1) is 17.7 Å². The van der Waals surface area contributed by atoms with Crippen LogP contribution >= 0.6 is 0 Å². The van der Waals surface area contributed by atoms with Gasteiger partial charge in [0.25, 0.3) is 0 Å². The maximum absolute atomic E-state index is 13.5. The zero-order chi connectivity index (χ0) is 14.3. The number of nitrogens with one attached hydrogen (secondary N) is 1. The van der Waals surface area contributed by atoms with Crippen molar-refractivity contribution >= 4 is 6.03 Å². The van der Waals surface area contributed by atoms with E-state index in [0.717, 1.165) is 25.2 Å². The van der Waals surface area contributed by atoms with Gasteiger partial charge in [0.15, 0.2) is 0 Å². The molecule has 3 rings (SSSR count). The molecule has 20 heavy (non-hydrogen) atoms. The fraction of sp³-hybridized carbons (Fsp3) is 0.533. The average Bonchev–Trinajstić information content (AvgIpc) is 2.97. The minimum absolute atomic E-state index is 0.00802. The first kappa shape index (κ1) is 13.4. The summed E-state index contributed by atoms with van der Waals surface area (Å²) in [6.45, 7) is 2.58. The van der Waals surface area contributed by atoms with E-state index in [1.807, 2.05) is 11.0 Å². The van der Waals surface area contributed by atoms with Gasteiger partial charge in [-0.2, -0.15) is 0 Å². The maximum Gasteiger partial charge on any atom is 0.320 e. The van der Waals surface area contributed by atoms with Crippen LogP contribution in [0.4, 0.5) is 9.18 Å². The topological polar surface area (TPSA) is 35.6 Å². The van der Waals surface area contributed by atoms with Crippen LogP contribution < -0.4 is 5.32 Å². The summed E-state index contributed by atoms with van der Waals surface area (Å²) in [5.41, 5.74) is 0.899. The Hall–Kier alpha value is -1.62. The Morgan fingerprint density at radius 3 is 2.90 bits per heavy atom. The van der Waals surface area contributed by atoms with Crippen LogP contribution in [0.25, 0.3) is 0 Å². The third kappa shape index (κ3) is 2.16. The number of rotatable bonds is 1. The molecule has 0 radical (unpaired) electrons. The summed E-state index contributed by atoms with van der Waals surface area (Å²) in [4.78, 5) is 15.9. The number of urea groups is 1. The second-order valence-electron chi connectivity index (χ2n) is 5.91. The summed E-state index contributed by atoms with van der Waals surface area (Å²) < 4.78 is 13.5. The van der Waals surface area contributed by atoms with E-state index in [-0.39, 0.29) is 17.9 Å². The Labute approximate surface area is 118 Å². The smallest absolute Gasteiger partial charge is 0.320 e. The molecular weight excluding hydrogens is 257 g/mol. The molecule has 2 amide bonds. The van der Waals surface area contributed by atoms with Crippen LogP contribution in [0.2, 0.25) is 0 Å². The molecule has 3 atom stereocenters. The highest BCUT2D eigenvalue weighted by atomic mass is 19.1. The molecule has 1 N–H and O–H groups in total. The normalized spacial score (nSPS) is 28.6. The number of nitrogens with zero attached hydrogens (tertiary/aromatic N) is 2. The molecule has 2 aliphatic heterocycles. The molecule has 4 nitrogen and oxygen atoms in total. The molecule has 2 aliphatic rings. The first-order valence-electron chi connectivity index (χ1n) is 7.02. The highest BCUT2D eigenvalue weighted by Gasteiger charge is 2.47. The van der Waals surface area contributed by atoms with Gasteiger partial charge in [-0.25, -0.2) is 9.18 Å². The molecule has 0 aliphatic carbocycles. The van der Waals surface area contributed by atoms with E-state index >= 15 is 0 Å². The van der Waals surface area contributed by atoms with Crippen molar-refractivity contribution in [3.63, 3.8) is 0 Å². The van der Waals surface area contributed by atoms with E-state index < -0.39 is 0 Å². The van der Waals surface area contributed by atoms with E-state index in [0.29, 0.717) is 11.8 Å². The first-order chi connectivity index (χ1) is 9.58. The van der Waals surface area contributed by atoms with Crippen LogP contribution in [-0.4, -0.2) is 49.6 Å². The third-order valence-electron chi connectivity index (χ3n) is 4.38. The molecule has 2 heterocycles. The molecule has 0 unspecified atom stereocenters. The van der Waals surface area contributed by atoms with E-state index in [2.05, 4.69) is 5.32 Å². The quantitative estimate of drug-likeness (QED) is 0.848. The van der Waals surface area contributed by atoms with E-state index in [9.17, 15) is 9.18 Å². The molecule has 108 valence electrons. The number of fused-ring (bicyclic) bond motifs is 1. The van der Waals surface area contributed by atoms with Gasteiger partial charge in [-0.3, -0.25) is 0 Å². The van der Waals surface area contributed by atoms with E-state index in [4.69, 9.17) is 0 Å². The van der Waals surface area contributed by atoms with Crippen molar-refractivity contribution in [1.29, 1.82) is 0 Å². The van der Waals surface area contributed by atoms with Gasteiger partial charge in [-0.1, -0.05) is 12.1 Å². The molecule has 1 aromatic rings. The second-order valence-corrected chi connectivity index (χ2v) is 5.91. The lowest BCUT2D eigenvalue weighted by atomic mass is 9.89. The van der Waals surface area contributed by atoms with Gasteiger partial charge in [0.2, 0.25) is 0 Å². The number of hydrogen-bond acceptors (Lipinski definition) is 2. The largest absolute Gasteiger partial charge is 0.331 e. The Balaban J connectivity index is 1.96. The average molecular weight is 277 g/mol. The SMILES string of the molecule is CN(C)C(=O)N1C[C@H]2CNC[C@H]2[C@H]1c1cccc(F)c1. The molecule has 5 heteroatoms. The van der Waals surface area contributed by atoms with Crippen LogP contribution in [0.5, 0.6) is 0 Å². The predicted octanol–water partition coefficient (Wildman–Crippen LogP) is 1.70. The number of benzene rings is 1. The van der Waals surface area contributed by atoms with Crippen LogP contribution in [0.1, 0.15) is 11.6 Å². The lowest BCUT2D eigenvalue weighted by molar-refractivity contribution is 0.159. The highest BCUT2D eigenvalue weighted by Crippen LogP contribution is 2.42. The lowest BCUT2D eigenvalue weighted by Gasteiger charge is -2.30. The Kier molecular flexibility index (Phi) is 3.38. The number of likely N-dealkylation sites (tertiary alicyclic amines) is 1. The van der Waals surface area contributed by atoms with Gasteiger partial charge in [0.1, 0.15) is 5.82 Å². The van der Waals surface area contributed by atoms with Crippen molar-refractivity contribution < 1.29 is 9.18 Å². The van der Waals surface area contributed by atoms with Crippen molar-refractivity contribution in [2.75, 3.05) is 33.7 Å². The minimum Gasteiger partial charge on any atom is -0.331 e. The maximum atomic E-state index is 13.5. The number of hydrogen-bond donors (Lipinski definition) is 1. The molecule has 2 fully saturated rings. The van der Waals surface area contributed by atoms with Gasteiger partial charge in [0.05, 0.1) is 6.04 Å². The van der Waals surface area contributed by atoms with Gasteiger partial charge in [-0.05, 0) is 23.6 Å². The van der Waals surface area contributed by atoms with Crippen molar-refractivity contribution in [3.8, 4) is 0 Å². The molecule has 1 aromatic carbocycles. The van der Waals surface area contributed by atoms with Gasteiger partial charge in [-0.15, -0.1) is 0 Å². The standard InChI is InChI=1S/C15H20FN3O/c1-18(2)15(20)19-9-11-7-17-8-13(11)14(19)10-4-3-5-12(16)6-10/h3-6,11,13-14,17H,7-9H2,1-2H3/t11-,13-,14-/m1/s1. The summed E-state index contributed by atoms with van der Waals surface area (Å²) in [7, 11) is 3.52. The molecule has 0 saturated carbocycles. The van der Waals surface area contributed by atoms with Crippen LogP contribution in [-0.2, 0) is 0 Å². The summed E-state index contributed by atoms with van der Waals surface area (Å²) in [5, 5.41) is 3.38. The van der Waals surface area contributed by atoms with Crippen molar-refractivity contribution in [2.24, 2.45) is 11.8 Å². The van der Waals surface area contributed by atoms with Crippen molar-refractivity contribution in [1.82, 2.24) is 15.1 Å². The number of amides is 2. The summed E-state index contributed by atoms with van der Waals surface area (Å²) in [6, 6.07) is 6.62. The number of carbonyl (C=O) groups excluding carboxylic acids is 1. The van der Waals surface area contributed by atoms with Crippen LogP contribution in [0.3, 0.4) is 0 Å². The van der Waals surface area contributed by atoms with Gasteiger partial charge < -0.3 is 15.1 Å². The molecule has 0 bridgehead atoms. The second kappa shape index (κ2) is 5.05. The Morgan fingerprint density at radius 1 is 1.40 bits per heavy atom. The summed E-state index contributed by atoms with van der Waals surface area (Å²) in [6.07, 6.45) is 0. The van der Waals surface area contributed by atoms with Gasteiger partial charge in [0, 0.05) is 39.6 Å². The predicted molar refractivity (Wildman–Crippen MR) is 74.8 cm³/mol. The fourth-order valence-corrected chi connectivity index (χ4v) is 3.49. The highest BCUT2D eigenvalue weighted by molar-refractivity contribution is 5.75. The Morgan fingerprint density at radius 2 is 2.20 bits per heavy atom. The number of halogens is 1. The summed E-state index contributed by atoms with van der Waals surface area (Å²) >= 11 is 0. The van der Waals surface area contributed by atoms with Crippen molar-refractivity contribution in [2.45, 2.75) is 6.04 Å².